The van der Waals surface area contributed by atoms with E-state index in [1.807, 2.05) is 85.8 Å². The summed E-state index contributed by atoms with van der Waals surface area (Å²) in [6.07, 6.45) is 4.79. The van der Waals surface area contributed by atoms with Crippen molar-refractivity contribution in [2.75, 3.05) is 6.61 Å². The summed E-state index contributed by atoms with van der Waals surface area (Å²) in [5, 5.41) is 22.1. The predicted molar refractivity (Wildman–Crippen MR) is 137 cm³/mol. The van der Waals surface area contributed by atoms with E-state index in [0.29, 0.717) is 11.4 Å². The Labute approximate surface area is 200 Å². The molecular formula is C29H28ClNO2. The van der Waals surface area contributed by atoms with Crippen LogP contribution in [0.15, 0.2) is 78.9 Å². The number of aromatic nitrogens is 1. The smallest absolute Gasteiger partial charge is 0.0793 e. The summed E-state index contributed by atoms with van der Waals surface area (Å²) < 4.78 is 0. The van der Waals surface area contributed by atoms with Crippen LogP contribution >= 0.6 is 11.6 Å². The zero-order valence-electron chi connectivity index (χ0n) is 18.7. The fourth-order valence-corrected chi connectivity index (χ4v) is 4.22. The summed E-state index contributed by atoms with van der Waals surface area (Å²) in [4.78, 5) is 4.66. The maximum Gasteiger partial charge on any atom is 0.0793 e. The number of fused-ring (bicyclic) bond motifs is 1. The van der Waals surface area contributed by atoms with Crippen molar-refractivity contribution >= 4 is 34.7 Å². The van der Waals surface area contributed by atoms with Crippen molar-refractivity contribution in [3.8, 4) is 0 Å². The normalized spacial score (nSPS) is 13.5. The second kappa shape index (κ2) is 10.8. The molecule has 168 valence electrons. The minimum absolute atomic E-state index is 0.0894. The van der Waals surface area contributed by atoms with Gasteiger partial charge in [-0.3, -0.25) is 0 Å². The van der Waals surface area contributed by atoms with E-state index < -0.39 is 6.10 Å². The van der Waals surface area contributed by atoms with E-state index in [1.165, 1.54) is 5.56 Å². The minimum atomic E-state index is -0.559. The zero-order chi connectivity index (χ0) is 23.2. The van der Waals surface area contributed by atoms with Crippen molar-refractivity contribution in [3.05, 3.63) is 112 Å². The van der Waals surface area contributed by atoms with Crippen LogP contribution < -0.4 is 0 Å². The zero-order valence-corrected chi connectivity index (χ0v) is 19.4. The number of aryl methyl sites for hydroxylation is 1. The number of aliphatic hydroxyl groups is 2. The lowest BCUT2D eigenvalue weighted by Gasteiger charge is -2.16. The first-order valence-corrected chi connectivity index (χ1v) is 11.6. The molecule has 4 rings (SSSR count). The van der Waals surface area contributed by atoms with Gasteiger partial charge in [0.05, 0.1) is 17.3 Å². The molecule has 0 spiro atoms. The minimum Gasteiger partial charge on any atom is -0.396 e. The van der Waals surface area contributed by atoms with E-state index in [4.69, 9.17) is 11.6 Å². The number of hydrogen-bond acceptors (Lipinski definition) is 3. The van der Waals surface area contributed by atoms with Gasteiger partial charge in [-0.1, -0.05) is 79.2 Å². The fourth-order valence-electron chi connectivity index (χ4n) is 4.05. The van der Waals surface area contributed by atoms with Crippen molar-refractivity contribution in [2.45, 2.75) is 31.8 Å². The molecule has 1 unspecified atom stereocenters. The molecule has 1 heterocycles. The first-order valence-electron chi connectivity index (χ1n) is 11.2. The van der Waals surface area contributed by atoms with Gasteiger partial charge in [-0.2, -0.15) is 0 Å². The van der Waals surface area contributed by atoms with Crippen molar-refractivity contribution in [3.63, 3.8) is 0 Å². The van der Waals surface area contributed by atoms with Crippen LogP contribution in [-0.2, 0) is 6.42 Å². The summed E-state index contributed by atoms with van der Waals surface area (Å²) >= 11 is 6.09. The van der Waals surface area contributed by atoms with E-state index in [9.17, 15) is 10.2 Å². The number of aliphatic hydroxyl groups excluding tert-OH is 2. The van der Waals surface area contributed by atoms with Crippen LogP contribution in [0.4, 0.5) is 0 Å². The Bertz CT molecular complexity index is 1270. The number of hydrogen-bond donors (Lipinski definition) is 2. The lowest BCUT2D eigenvalue weighted by atomic mass is 9.92. The highest BCUT2D eigenvalue weighted by atomic mass is 35.5. The standard InChI is InChI=1S/C29H28ClNO2/c1-20(19-32)27-8-3-2-6-22(27)12-16-29(33)24-7-4-5-21(17-24)9-14-26-15-11-23-10-13-25(30)18-28(23)31-26/h2-11,13-15,17-18,20,29,32-33H,12,16,19H2,1H3/t20?,29-/m1/s1. The largest absolute Gasteiger partial charge is 0.396 e. The van der Waals surface area contributed by atoms with Gasteiger partial charge in [-0.25, -0.2) is 4.98 Å². The molecule has 0 bridgehead atoms. The first kappa shape index (κ1) is 23.2. The van der Waals surface area contributed by atoms with Gasteiger partial charge in [-0.15, -0.1) is 0 Å². The predicted octanol–water partition coefficient (Wildman–Crippen LogP) is 6.82. The summed E-state index contributed by atoms with van der Waals surface area (Å²) in [6.45, 7) is 2.14. The Balaban J connectivity index is 1.45. The van der Waals surface area contributed by atoms with Gasteiger partial charge >= 0.3 is 0 Å². The van der Waals surface area contributed by atoms with Crippen molar-refractivity contribution in [1.82, 2.24) is 4.98 Å². The highest BCUT2D eigenvalue weighted by Crippen LogP contribution is 2.25. The molecule has 0 aliphatic heterocycles. The molecule has 0 amide bonds. The van der Waals surface area contributed by atoms with Crippen LogP contribution in [0.2, 0.25) is 5.02 Å². The number of nitrogens with zero attached hydrogens (tertiary/aromatic N) is 1. The SMILES string of the molecule is CC(CO)c1ccccc1CC[C@@H](O)c1cccc(C=Cc2ccc3ccc(Cl)cc3n2)c1. The maximum atomic E-state index is 10.8. The lowest BCUT2D eigenvalue weighted by molar-refractivity contribution is 0.167. The third kappa shape index (κ3) is 5.88. The van der Waals surface area contributed by atoms with Gasteiger partial charge in [0.2, 0.25) is 0 Å². The average molecular weight is 458 g/mol. The number of halogens is 1. The van der Waals surface area contributed by atoms with Gasteiger partial charge in [0.1, 0.15) is 0 Å². The summed E-state index contributed by atoms with van der Waals surface area (Å²) in [5.74, 6) is 0.0894. The molecule has 0 fully saturated rings. The molecule has 0 saturated carbocycles. The van der Waals surface area contributed by atoms with Gasteiger partial charge in [-0.05, 0) is 65.4 Å². The highest BCUT2D eigenvalue weighted by molar-refractivity contribution is 6.31. The van der Waals surface area contributed by atoms with Crippen LogP contribution in [0.5, 0.6) is 0 Å². The third-order valence-electron chi connectivity index (χ3n) is 5.96. The molecule has 2 N–H and O–H groups in total. The highest BCUT2D eigenvalue weighted by Gasteiger charge is 2.12. The van der Waals surface area contributed by atoms with Crippen LogP contribution in [0.1, 0.15) is 53.3 Å². The van der Waals surface area contributed by atoms with E-state index in [1.54, 1.807) is 0 Å². The molecule has 2 atom stereocenters. The third-order valence-corrected chi connectivity index (χ3v) is 6.20. The topological polar surface area (TPSA) is 53.4 Å². The van der Waals surface area contributed by atoms with E-state index >= 15 is 0 Å². The molecule has 0 radical (unpaired) electrons. The van der Waals surface area contributed by atoms with Gasteiger partial charge in [0.15, 0.2) is 0 Å². The molecule has 1 aromatic heterocycles. The molecular weight excluding hydrogens is 430 g/mol. The van der Waals surface area contributed by atoms with Crippen LogP contribution in [0.3, 0.4) is 0 Å². The second-order valence-corrected chi connectivity index (χ2v) is 8.85. The summed E-state index contributed by atoms with van der Waals surface area (Å²) in [7, 11) is 0. The number of benzene rings is 3. The van der Waals surface area contributed by atoms with E-state index in [-0.39, 0.29) is 12.5 Å². The van der Waals surface area contributed by atoms with E-state index in [2.05, 4.69) is 17.1 Å². The summed E-state index contributed by atoms with van der Waals surface area (Å²) in [6, 6.07) is 25.8. The molecule has 3 nitrogen and oxygen atoms in total. The van der Waals surface area contributed by atoms with Gasteiger partial charge in [0.25, 0.3) is 0 Å². The van der Waals surface area contributed by atoms with Crippen LogP contribution in [-0.4, -0.2) is 21.8 Å². The Morgan fingerprint density at radius 3 is 2.61 bits per heavy atom. The molecule has 0 aliphatic rings. The van der Waals surface area contributed by atoms with Crippen LogP contribution in [0, 0.1) is 0 Å². The molecule has 4 heteroatoms. The van der Waals surface area contributed by atoms with Crippen molar-refractivity contribution in [2.24, 2.45) is 0 Å². The van der Waals surface area contributed by atoms with Crippen LogP contribution in [0.25, 0.3) is 23.1 Å². The number of pyridine rings is 1. The average Bonchev–Trinajstić information content (AvgIpc) is 2.85. The first-order chi connectivity index (χ1) is 16.0. The van der Waals surface area contributed by atoms with Gasteiger partial charge in [0, 0.05) is 22.9 Å². The number of rotatable bonds is 8. The second-order valence-electron chi connectivity index (χ2n) is 8.41. The Morgan fingerprint density at radius 1 is 0.939 bits per heavy atom. The van der Waals surface area contributed by atoms with Crippen molar-refractivity contribution < 1.29 is 10.2 Å². The molecule has 0 saturated heterocycles. The lowest BCUT2D eigenvalue weighted by Crippen LogP contribution is -2.06. The Kier molecular flexibility index (Phi) is 7.56. The Hall–Kier alpha value is -2.98. The maximum absolute atomic E-state index is 10.8. The quantitative estimate of drug-likeness (QED) is 0.305. The molecule has 33 heavy (non-hydrogen) atoms. The molecule has 0 aliphatic carbocycles. The van der Waals surface area contributed by atoms with Crippen molar-refractivity contribution in [1.29, 1.82) is 0 Å². The Morgan fingerprint density at radius 2 is 1.76 bits per heavy atom. The monoisotopic (exact) mass is 457 g/mol. The summed E-state index contributed by atoms with van der Waals surface area (Å²) in [5.41, 5.74) is 5.94. The van der Waals surface area contributed by atoms with E-state index in [0.717, 1.165) is 39.7 Å². The molecule has 3 aromatic carbocycles. The molecule has 4 aromatic rings. The fraction of sp³-hybridized carbons (Fsp3) is 0.207. The van der Waals surface area contributed by atoms with Gasteiger partial charge < -0.3 is 10.2 Å².